The molecule has 0 aromatic carbocycles. The molecule has 1 aliphatic rings. The third-order valence-corrected chi connectivity index (χ3v) is 14.4. The molecule has 4 aromatic heterocycles. The maximum absolute atomic E-state index is 6.52. The molecule has 0 amide bonds. The van der Waals surface area contributed by atoms with Crippen molar-refractivity contribution >= 4 is 56.6 Å². The van der Waals surface area contributed by atoms with Crippen LogP contribution in [0.1, 0.15) is 205 Å². The Kier molecular flexibility index (Phi) is 21.3. The highest BCUT2D eigenvalue weighted by Gasteiger charge is 2.35. The van der Waals surface area contributed by atoms with Crippen molar-refractivity contribution in [1.82, 2.24) is 9.97 Å². The number of rotatable bonds is 34. The normalized spacial score (nSPS) is 12.5. The zero-order chi connectivity index (χ0) is 38.2. The molecule has 7 heteroatoms. The molecule has 0 radical (unpaired) electrons. The third kappa shape index (κ3) is 14.6. The van der Waals surface area contributed by atoms with Gasteiger partial charge in [0.15, 0.2) is 11.5 Å². The van der Waals surface area contributed by atoms with E-state index in [1.165, 1.54) is 186 Å². The minimum Gasteiger partial charge on any atom is -0.487 e. The Balaban J connectivity index is 1.08. The predicted molar refractivity (Wildman–Crippen MR) is 243 cm³/mol. The second-order valence-corrected chi connectivity index (χ2v) is 18.8. The molecule has 4 nitrogen and oxygen atoms in total. The van der Waals surface area contributed by atoms with Crippen molar-refractivity contribution in [3.63, 3.8) is 0 Å². The zero-order valence-corrected chi connectivity index (χ0v) is 37.1. The smallest absolute Gasteiger partial charge is 0.191 e. The molecule has 0 saturated heterocycles. The summed E-state index contributed by atoms with van der Waals surface area (Å²) in [5, 5.41) is 4.29. The van der Waals surface area contributed by atoms with Crippen LogP contribution in [-0.2, 0) is 9.47 Å². The molecule has 0 saturated carbocycles. The number of hydrogen-bond donors (Lipinski definition) is 0. The molecule has 0 N–H and O–H groups in total. The summed E-state index contributed by atoms with van der Waals surface area (Å²) in [6, 6.07) is 8.64. The van der Waals surface area contributed by atoms with E-state index in [0.29, 0.717) is 13.2 Å². The predicted octanol–water partition coefficient (Wildman–Crippen LogP) is 17.3. The molecule has 0 unspecified atom stereocenters. The summed E-state index contributed by atoms with van der Waals surface area (Å²) in [4.78, 5) is 15.5. The van der Waals surface area contributed by atoms with Gasteiger partial charge in [0.25, 0.3) is 0 Å². The number of thiophene rings is 3. The van der Waals surface area contributed by atoms with Crippen molar-refractivity contribution in [2.75, 3.05) is 13.2 Å². The zero-order valence-electron chi connectivity index (χ0n) is 34.6. The lowest BCUT2D eigenvalue weighted by atomic mass is 10.0. The fourth-order valence-electron chi connectivity index (χ4n) is 7.78. The van der Waals surface area contributed by atoms with Crippen LogP contribution in [0.15, 0.2) is 35.0 Å². The Morgan fingerprint density at radius 2 is 0.727 bits per heavy atom. The van der Waals surface area contributed by atoms with E-state index in [4.69, 9.17) is 19.4 Å². The van der Waals surface area contributed by atoms with E-state index < -0.39 is 0 Å². The van der Waals surface area contributed by atoms with Gasteiger partial charge in [-0.25, -0.2) is 9.97 Å². The molecule has 4 heterocycles. The topological polar surface area (TPSA) is 44.2 Å². The van der Waals surface area contributed by atoms with E-state index in [0.717, 1.165) is 46.8 Å². The maximum Gasteiger partial charge on any atom is 0.191 e. The van der Waals surface area contributed by atoms with Gasteiger partial charge in [0.05, 0.1) is 23.0 Å². The standard InChI is InChI=1S/C48H72N2O2S3/c1-3-5-7-9-11-13-15-17-19-21-23-25-27-29-35-51-45-41-42(46(45)52-36-30-28-26-24-22-20-18-16-14-12-10-8-6-4-2)50-44-43(49-41)47(39-33-31-37-53-39)55-48(44)40-34-32-38-54-40/h31-34,37-38H,3-30,35-36H2,1-2H3. The summed E-state index contributed by atoms with van der Waals surface area (Å²) >= 11 is 5.35. The van der Waals surface area contributed by atoms with Crippen LogP contribution in [0.4, 0.5) is 0 Å². The number of aromatic nitrogens is 2. The van der Waals surface area contributed by atoms with Crippen molar-refractivity contribution in [3.8, 4) is 19.5 Å². The van der Waals surface area contributed by atoms with Crippen molar-refractivity contribution < 1.29 is 9.47 Å². The number of hydrogen-bond acceptors (Lipinski definition) is 7. The van der Waals surface area contributed by atoms with E-state index >= 15 is 0 Å². The van der Waals surface area contributed by atoms with Crippen molar-refractivity contribution in [3.05, 3.63) is 46.4 Å². The van der Waals surface area contributed by atoms with Crippen LogP contribution in [0.25, 0.3) is 42.1 Å². The maximum atomic E-state index is 6.52. The minimum absolute atomic E-state index is 0.708. The summed E-state index contributed by atoms with van der Waals surface area (Å²) in [6.07, 6.45) is 38.0. The average molecular weight is 805 g/mol. The van der Waals surface area contributed by atoms with Gasteiger partial charge in [0.1, 0.15) is 22.4 Å². The van der Waals surface area contributed by atoms with E-state index in [1.807, 2.05) is 11.3 Å². The van der Waals surface area contributed by atoms with E-state index in [-0.39, 0.29) is 0 Å². The fraction of sp³-hybridized carbons (Fsp3) is 0.667. The fourth-order valence-corrected chi connectivity index (χ4v) is 10.7. The summed E-state index contributed by atoms with van der Waals surface area (Å²) < 4.78 is 13.0. The van der Waals surface area contributed by atoms with Gasteiger partial charge in [-0.15, -0.1) is 34.0 Å². The van der Waals surface area contributed by atoms with Crippen LogP contribution >= 0.6 is 34.0 Å². The Labute approximate surface area is 347 Å². The van der Waals surface area contributed by atoms with Crippen LogP contribution in [0, 0.1) is 0 Å². The van der Waals surface area contributed by atoms with Gasteiger partial charge >= 0.3 is 0 Å². The van der Waals surface area contributed by atoms with E-state index in [9.17, 15) is 0 Å². The molecule has 1 aliphatic carbocycles. The highest BCUT2D eigenvalue weighted by molar-refractivity contribution is 7.27. The molecule has 55 heavy (non-hydrogen) atoms. The molecule has 0 atom stereocenters. The van der Waals surface area contributed by atoms with Gasteiger partial charge in [-0.3, -0.25) is 0 Å². The van der Waals surface area contributed by atoms with Gasteiger partial charge in [-0.1, -0.05) is 193 Å². The quantitative estimate of drug-likeness (QED) is 0.0441. The van der Waals surface area contributed by atoms with Crippen molar-refractivity contribution in [2.45, 2.75) is 194 Å². The van der Waals surface area contributed by atoms with Crippen molar-refractivity contribution in [1.29, 1.82) is 0 Å². The van der Waals surface area contributed by atoms with Gasteiger partial charge in [0, 0.05) is 9.75 Å². The Morgan fingerprint density at radius 3 is 1.02 bits per heavy atom. The molecule has 0 fully saturated rings. The van der Waals surface area contributed by atoms with Gasteiger partial charge in [-0.05, 0) is 35.7 Å². The van der Waals surface area contributed by atoms with Gasteiger partial charge in [-0.2, -0.15) is 0 Å². The first-order valence-corrected chi connectivity index (χ1v) is 25.3. The largest absolute Gasteiger partial charge is 0.487 e. The molecule has 0 bridgehead atoms. The van der Waals surface area contributed by atoms with Gasteiger partial charge < -0.3 is 9.47 Å². The summed E-state index contributed by atoms with van der Waals surface area (Å²) in [5.41, 5.74) is 3.72. The summed E-state index contributed by atoms with van der Waals surface area (Å²) in [7, 11) is 0. The lowest BCUT2D eigenvalue weighted by Gasteiger charge is -2.25. The molecule has 4 aromatic rings. The number of ether oxygens (including phenoxy) is 2. The minimum atomic E-state index is 0.708. The van der Waals surface area contributed by atoms with Crippen LogP contribution in [0.5, 0.6) is 0 Å². The highest BCUT2D eigenvalue weighted by Crippen LogP contribution is 2.48. The first kappa shape index (κ1) is 43.9. The third-order valence-electron chi connectivity index (χ3n) is 11.1. The monoisotopic (exact) mass is 804 g/mol. The number of nitrogens with zero attached hydrogens (tertiary/aromatic N) is 2. The van der Waals surface area contributed by atoms with Gasteiger partial charge in [0.2, 0.25) is 0 Å². The number of fused-ring (bicyclic) bond motifs is 2. The molecule has 0 spiro atoms. The Hall–Kier alpha value is -2.22. The van der Waals surface area contributed by atoms with Crippen LogP contribution in [0.3, 0.4) is 0 Å². The molecular formula is C48H72N2O2S3. The van der Waals surface area contributed by atoms with E-state index in [2.05, 4.69) is 48.9 Å². The molecule has 0 aliphatic heterocycles. The SMILES string of the molecule is CCCCCCCCCCCCCCCCOC1=C(OCCCCCCCCCCCCCCCC)c2nc3c(-c4cccs4)sc(-c4cccs4)c3nc21. The number of unbranched alkanes of at least 4 members (excludes halogenated alkanes) is 26. The highest BCUT2D eigenvalue weighted by atomic mass is 32.1. The average Bonchev–Trinajstić information content (AvgIpc) is 4.00. The Morgan fingerprint density at radius 1 is 0.418 bits per heavy atom. The van der Waals surface area contributed by atoms with Crippen LogP contribution in [0.2, 0.25) is 0 Å². The van der Waals surface area contributed by atoms with E-state index in [1.54, 1.807) is 22.7 Å². The van der Waals surface area contributed by atoms with Crippen molar-refractivity contribution in [2.24, 2.45) is 0 Å². The van der Waals surface area contributed by atoms with Crippen LogP contribution in [-0.4, -0.2) is 23.2 Å². The molecule has 304 valence electrons. The second kappa shape index (κ2) is 26.7. The second-order valence-electron chi connectivity index (χ2n) is 15.9. The lowest BCUT2D eigenvalue weighted by Crippen LogP contribution is -2.17. The molecule has 5 rings (SSSR count). The summed E-state index contributed by atoms with van der Waals surface area (Å²) in [6.45, 7) is 6.01. The summed E-state index contributed by atoms with van der Waals surface area (Å²) in [5.74, 6) is 1.65. The Bertz CT molecular complexity index is 1490. The first-order chi connectivity index (χ1) is 27.3. The molecular weight excluding hydrogens is 733 g/mol. The van der Waals surface area contributed by atoms with Crippen LogP contribution < -0.4 is 0 Å². The first-order valence-electron chi connectivity index (χ1n) is 22.7. The lowest BCUT2D eigenvalue weighted by molar-refractivity contribution is 0.224.